The lowest BCUT2D eigenvalue weighted by molar-refractivity contribution is 0.00944. The summed E-state index contributed by atoms with van der Waals surface area (Å²) in [4.78, 5) is 11.9. The number of aliphatic hydroxyl groups is 1. The van der Waals surface area contributed by atoms with E-state index < -0.39 is 0 Å². The average molecular weight is 272 g/mol. The molecule has 0 heterocycles. The Bertz CT molecular complexity index is 286. The van der Waals surface area contributed by atoms with Crippen molar-refractivity contribution >= 4 is 6.03 Å². The van der Waals surface area contributed by atoms with E-state index in [0.717, 1.165) is 32.1 Å². The number of rotatable bonds is 5. The standard InChI is InChI=1S/C14H28N2O3/c1-10(9-14(2,3)19-4)15-13(18)16-11-5-7-12(17)8-6-11/h10-12,17H,5-9H2,1-4H3,(H2,15,16,18). The molecule has 1 rings (SSSR count). The smallest absolute Gasteiger partial charge is 0.315 e. The summed E-state index contributed by atoms with van der Waals surface area (Å²) in [5.41, 5.74) is -0.234. The molecule has 0 spiro atoms. The van der Waals surface area contributed by atoms with Gasteiger partial charge in [0.2, 0.25) is 0 Å². The maximum absolute atomic E-state index is 11.9. The highest BCUT2D eigenvalue weighted by atomic mass is 16.5. The van der Waals surface area contributed by atoms with Gasteiger partial charge in [0.1, 0.15) is 0 Å². The molecule has 0 saturated heterocycles. The van der Waals surface area contributed by atoms with E-state index in [-0.39, 0.29) is 29.8 Å². The van der Waals surface area contributed by atoms with Crippen molar-refractivity contribution in [2.45, 2.75) is 76.7 Å². The van der Waals surface area contributed by atoms with Crippen LogP contribution in [0, 0.1) is 0 Å². The highest BCUT2D eigenvalue weighted by Gasteiger charge is 2.23. The predicted octanol–water partition coefficient (Wildman–Crippen LogP) is 1.79. The summed E-state index contributed by atoms with van der Waals surface area (Å²) in [7, 11) is 1.68. The molecule has 0 radical (unpaired) electrons. The Labute approximate surface area is 116 Å². The highest BCUT2D eigenvalue weighted by Crippen LogP contribution is 2.18. The number of ether oxygens (including phenoxy) is 1. The van der Waals surface area contributed by atoms with Gasteiger partial charge in [0.05, 0.1) is 11.7 Å². The van der Waals surface area contributed by atoms with E-state index in [0.29, 0.717) is 0 Å². The lowest BCUT2D eigenvalue weighted by atomic mass is 9.93. The molecule has 0 aromatic carbocycles. The molecular weight excluding hydrogens is 244 g/mol. The lowest BCUT2D eigenvalue weighted by Crippen LogP contribution is -2.48. The van der Waals surface area contributed by atoms with Gasteiger partial charge >= 0.3 is 6.03 Å². The molecule has 1 unspecified atom stereocenters. The van der Waals surface area contributed by atoms with Gasteiger partial charge in [-0.3, -0.25) is 0 Å². The van der Waals surface area contributed by atoms with E-state index in [1.807, 2.05) is 20.8 Å². The molecule has 2 amide bonds. The molecule has 19 heavy (non-hydrogen) atoms. The zero-order valence-electron chi connectivity index (χ0n) is 12.5. The number of urea groups is 1. The second kappa shape index (κ2) is 7.10. The minimum Gasteiger partial charge on any atom is -0.393 e. The van der Waals surface area contributed by atoms with Crippen molar-refractivity contribution < 1.29 is 14.6 Å². The molecule has 0 aliphatic heterocycles. The van der Waals surface area contributed by atoms with Crippen molar-refractivity contribution in [1.82, 2.24) is 10.6 Å². The zero-order chi connectivity index (χ0) is 14.5. The van der Waals surface area contributed by atoms with Crippen LogP contribution in [-0.2, 0) is 4.74 Å². The van der Waals surface area contributed by atoms with Crippen molar-refractivity contribution in [2.75, 3.05) is 7.11 Å². The summed E-state index contributed by atoms with van der Waals surface area (Å²) >= 11 is 0. The van der Waals surface area contributed by atoms with Crippen LogP contribution in [0.15, 0.2) is 0 Å². The van der Waals surface area contributed by atoms with Crippen LogP contribution in [0.4, 0.5) is 4.79 Å². The van der Waals surface area contributed by atoms with Crippen LogP contribution in [0.1, 0.15) is 52.9 Å². The fourth-order valence-electron chi connectivity index (χ4n) is 2.54. The van der Waals surface area contributed by atoms with Gasteiger partial charge in [-0.05, 0) is 52.9 Å². The molecule has 1 fully saturated rings. The number of carbonyl (C=O) groups excluding carboxylic acids is 1. The van der Waals surface area contributed by atoms with Crippen LogP contribution >= 0.6 is 0 Å². The molecule has 5 nitrogen and oxygen atoms in total. The average Bonchev–Trinajstić information content (AvgIpc) is 2.31. The van der Waals surface area contributed by atoms with Crippen LogP contribution in [0.5, 0.6) is 0 Å². The number of hydrogen-bond donors (Lipinski definition) is 3. The van der Waals surface area contributed by atoms with Crippen molar-refractivity contribution in [3.05, 3.63) is 0 Å². The van der Waals surface area contributed by atoms with Crippen LogP contribution in [0.25, 0.3) is 0 Å². The van der Waals surface area contributed by atoms with Gasteiger partial charge in [-0.1, -0.05) is 0 Å². The second-order valence-electron chi connectivity index (χ2n) is 6.19. The fourth-order valence-corrected chi connectivity index (χ4v) is 2.54. The third-order valence-corrected chi connectivity index (χ3v) is 3.76. The van der Waals surface area contributed by atoms with Gasteiger partial charge in [0.15, 0.2) is 0 Å². The van der Waals surface area contributed by atoms with E-state index in [4.69, 9.17) is 4.74 Å². The molecular formula is C14H28N2O3. The van der Waals surface area contributed by atoms with E-state index >= 15 is 0 Å². The number of carbonyl (C=O) groups is 1. The van der Waals surface area contributed by atoms with Crippen LogP contribution < -0.4 is 10.6 Å². The SMILES string of the molecule is COC(C)(C)CC(C)NC(=O)NC1CCC(O)CC1. The van der Waals surface area contributed by atoms with E-state index in [9.17, 15) is 9.90 Å². The maximum atomic E-state index is 11.9. The Morgan fingerprint density at radius 2 is 1.95 bits per heavy atom. The normalized spacial score (nSPS) is 25.7. The molecule has 1 aliphatic carbocycles. The Balaban J connectivity index is 2.27. The van der Waals surface area contributed by atoms with Gasteiger partial charge in [0, 0.05) is 19.2 Å². The van der Waals surface area contributed by atoms with Gasteiger partial charge in [0.25, 0.3) is 0 Å². The van der Waals surface area contributed by atoms with Crippen LogP contribution in [0.3, 0.4) is 0 Å². The quantitative estimate of drug-likeness (QED) is 0.714. The molecule has 1 atom stereocenters. The Hall–Kier alpha value is -0.810. The van der Waals surface area contributed by atoms with Gasteiger partial charge < -0.3 is 20.5 Å². The predicted molar refractivity (Wildman–Crippen MR) is 75.1 cm³/mol. The maximum Gasteiger partial charge on any atom is 0.315 e. The summed E-state index contributed by atoms with van der Waals surface area (Å²) in [6, 6.07) is 0.121. The number of methoxy groups -OCH3 is 1. The first kappa shape index (κ1) is 16.2. The van der Waals surface area contributed by atoms with Crippen molar-refractivity contribution in [1.29, 1.82) is 0 Å². The Morgan fingerprint density at radius 3 is 2.47 bits per heavy atom. The van der Waals surface area contributed by atoms with Crippen molar-refractivity contribution in [3.8, 4) is 0 Å². The molecule has 1 saturated carbocycles. The summed E-state index contributed by atoms with van der Waals surface area (Å²) in [6.45, 7) is 5.99. The highest BCUT2D eigenvalue weighted by molar-refractivity contribution is 5.74. The Morgan fingerprint density at radius 1 is 1.37 bits per heavy atom. The molecule has 1 aliphatic rings. The molecule has 3 N–H and O–H groups in total. The van der Waals surface area contributed by atoms with Crippen molar-refractivity contribution in [3.63, 3.8) is 0 Å². The number of hydrogen-bond acceptors (Lipinski definition) is 3. The summed E-state index contributed by atoms with van der Waals surface area (Å²) < 4.78 is 5.35. The third kappa shape index (κ3) is 6.25. The summed E-state index contributed by atoms with van der Waals surface area (Å²) in [6.07, 6.45) is 3.83. The zero-order valence-corrected chi connectivity index (χ0v) is 12.5. The first-order valence-corrected chi connectivity index (χ1v) is 7.12. The topological polar surface area (TPSA) is 70.6 Å². The number of aliphatic hydroxyl groups excluding tert-OH is 1. The summed E-state index contributed by atoms with van der Waals surface area (Å²) in [5.74, 6) is 0. The minimum atomic E-state index is -0.234. The minimum absolute atomic E-state index is 0.0594. The van der Waals surface area contributed by atoms with E-state index in [2.05, 4.69) is 10.6 Å². The first-order valence-electron chi connectivity index (χ1n) is 7.12. The third-order valence-electron chi connectivity index (χ3n) is 3.76. The molecule has 0 aromatic heterocycles. The summed E-state index contributed by atoms with van der Waals surface area (Å²) in [5, 5.41) is 15.3. The van der Waals surface area contributed by atoms with Gasteiger partial charge in [-0.25, -0.2) is 4.79 Å². The van der Waals surface area contributed by atoms with E-state index in [1.54, 1.807) is 7.11 Å². The number of amides is 2. The van der Waals surface area contributed by atoms with Crippen LogP contribution in [0.2, 0.25) is 0 Å². The Kier molecular flexibility index (Phi) is 6.07. The molecule has 5 heteroatoms. The lowest BCUT2D eigenvalue weighted by Gasteiger charge is -2.29. The molecule has 112 valence electrons. The van der Waals surface area contributed by atoms with Crippen LogP contribution in [-0.4, -0.2) is 42.0 Å². The molecule has 0 aromatic rings. The largest absolute Gasteiger partial charge is 0.393 e. The van der Waals surface area contributed by atoms with Gasteiger partial charge in [-0.2, -0.15) is 0 Å². The number of nitrogens with one attached hydrogen (secondary N) is 2. The monoisotopic (exact) mass is 272 g/mol. The van der Waals surface area contributed by atoms with E-state index in [1.165, 1.54) is 0 Å². The fraction of sp³-hybridized carbons (Fsp3) is 0.929. The second-order valence-corrected chi connectivity index (χ2v) is 6.19. The first-order chi connectivity index (χ1) is 8.82. The van der Waals surface area contributed by atoms with Crippen molar-refractivity contribution in [2.24, 2.45) is 0 Å². The van der Waals surface area contributed by atoms with Gasteiger partial charge in [-0.15, -0.1) is 0 Å². The molecule has 0 bridgehead atoms.